The Morgan fingerprint density at radius 2 is 1.73 bits per heavy atom. The van der Waals surface area contributed by atoms with Crippen LogP contribution >= 0.6 is 0 Å². The minimum atomic E-state index is 0.661. The van der Waals surface area contributed by atoms with E-state index in [1.54, 1.807) is 12.8 Å². The van der Waals surface area contributed by atoms with Crippen LogP contribution in [0.15, 0.2) is 0 Å². The van der Waals surface area contributed by atoms with Crippen LogP contribution in [0.3, 0.4) is 0 Å². The molecule has 2 bridgehead atoms. The molecule has 0 heteroatoms. The summed E-state index contributed by atoms with van der Waals surface area (Å²) in [4.78, 5) is 0. The number of hydrogen-bond acceptors (Lipinski definition) is 0. The lowest BCUT2D eigenvalue weighted by molar-refractivity contribution is 0.0722. The maximum Gasteiger partial charge on any atom is -0.0320 e. The van der Waals surface area contributed by atoms with Gasteiger partial charge in [0.25, 0.3) is 0 Å². The van der Waals surface area contributed by atoms with Gasteiger partial charge in [0.2, 0.25) is 0 Å². The molecule has 0 aliphatic heterocycles. The predicted octanol–water partition coefficient (Wildman–Crippen LogP) is 4.64. The Hall–Kier alpha value is 0. The molecule has 3 aliphatic rings. The smallest absolute Gasteiger partial charge is 0.0320 e. The largest absolute Gasteiger partial charge is 0.0596 e. The molecular weight excluding hydrogens is 180 g/mol. The summed E-state index contributed by atoms with van der Waals surface area (Å²) in [5.74, 6) is 3.25. The van der Waals surface area contributed by atoms with E-state index < -0.39 is 0 Å². The zero-order valence-electron chi connectivity index (χ0n) is 10.7. The number of rotatable bonds is 0. The van der Waals surface area contributed by atoms with Crippen molar-refractivity contribution < 1.29 is 0 Å². The van der Waals surface area contributed by atoms with E-state index in [9.17, 15) is 0 Å². The highest BCUT2D eigenvalue weighted by Gasteiger charge is 2.53. The lowest BCUT2D eigenvalue weighted by atomic mass is 9.62. The first kappa shape index (κ1) is 10.2. The molecular formula is C15H26. The van der Waals surface area contributed by atoms with Gasteiger partial charge in [-0.15, -0.1) is 0 Å². The van der Waals surface area contributed by atoms with Gasteiger partial charge in [0, 0.05) is 0 Å². The first-order chi connectivity index (χ1) is 7.00. The SMILES string of the molecule is CC12CCCC3CC(C)(C)C(CC1)C3C2. The van der Waals surface area contributed by atoms with E-state index >= 15 is 0 Å². The molecule has 0 N–H and O–H groups in total. The second-order valence-corrected chi connectivity index (χ2v) is 7.67. The van der Waals surface area contributed by atoms with E-state index in [1.807, 2.05) is 0 Å². The second kappa shape index (κ2) is 3.02. The van der Waals surface area contributed by atoms with Crippen LogP contribution in [-0.2, 0) is 0 Å². The van der Waals surface area contributed by atoms with Crippen molar-refractivity contribution in [3.63, 3.8) is 0 Å². The van der Waals surface area contributed by atoms with Crippen LogP contribution in [0.4, 0.5) is 0 Å². The van der Waals surface area contributed by atoms with Gasteiger partial charge >= 0.3 is 0 Å². The molecule has 0 nitrogen and oxygen atoms in total. The quantitative estimate of drug-likeness (QED) is 0.541. The molecule has 3 saturated carbocycles. The minimum Gasteiger partial charge on any atom is -0.0596 e. The molecule has 0 saturated heterocycles. The molecule has 0 aromatic heterocycles. The highest BCUT2D eigenvalue weighted by molar-refractivity contribution is 5.03. The summed E-state index contributed by atoms with van der Waals surface area (Å²) in [7, 11) is 0. The average molecular weight is 206 g/mol. The van der Waals surface area contributed by atoms with E-state index in [0.29, 0.717) is 5.41 Å². The molecule has 0 heterocycles. The molecule has 4 unspecified atom stereocenters. The molecule has 86 valence electrons. The summed E-state index contributed by atoms with van der Waals surface area (Å²) in [5.41, 5.74) is 1.39. The fourth-order valence-corrected chi connectivity index (χ4v) is 5.31. The van der Waals surface area contributed by atoms with Gasteiger partial charge in [-0.2, -0.15) is 0 Å². The van der Waals surface area contributed by atoms with Gasteiger partial charge in [-0.3, -0.25) is 0 Å². The molecule has 3 rings (SSSR count). The number of hydrogen-bond donors (Lipinski definition) is 0. The zero-order chi connectivity index (χ0) is 10.7. The van der Waals surface area contributed by atoms with Crippen LogP contribution in [0, 0.1) is 28.6 Å². The zero-order valence-corrected chi connectivity index (χ0v) is 10.7. The summed E-state index contributed by atoms with van der Waals surface area (Å²) in [5, 5.41) is 0. The lowest BCUT2D eigenvalue weighted by Crippen LogP contribution is -2.33. The molecule has 0 amide bonds. The standard InChI is InChI=1S/C15H26/c1-14(2)9-11-5-4-7-15(3)8-6-13(14)12(11)10-15/h11-13H,4-10H2,1-3H3. The van der Waals surface area contributed by atoms with Gasteiger partial charge in [-0.05, 0) is 60.7 Å². The molecule has 0 radical (unpaired) electrons. The van der Waals surface area contributed by atoms with Crippen molar-refractivity contribution in [2.45, 2.75) is 65.7 Å². The molecule has 0 aromatic rings. The predicted molar refractivity (Wildman–Crippen MR) is 64.7 cm³/mol. The monoisotopic (exact) mass is 206 g/mol. The second-order valence-electron chi connectivity index (χ2n) is 7.67. The van der Waals surface area contributed by atoms with Crippen molar-refractivity contribution in [3.8, 4) is 0 Å². The maximum atomic E-state index is 2.57. The highest BCUT2D eigenvalue weighted by atomic mass is 14.6. The highest BCUT2D eigenvalue weighted by Crippen LogP contribution is 2.62. The van der Waals surface area contributed by atoms with Gasteiger partial charge in [0.15, 0.2) is 0 Å². The van der Waals surface area contributed by atoms with Crippen molar-refractivity contribution >= 4 is 0 Å². The molecule has 3 fully saturated rings. The number of fused-ring (bicyclic) bond motifs is 1. The first-order valence-corrected chi connectivity index (χ1v) is 7.00. The van der Waals surface area contributed by atoms with E-state index in [1.165, 1.54) is 32.1 Å². The van der Waals surface area contributed by atoms with E-state index in [2.05, 4.69) is 20.8 Å². The molecule has 0 spiro atoms. The van der Waals surface area contributed by atoms with E-state index in [0.717, 1.165) is 23.2 Å². The van der Waals surface area contributed by atoms with Gasteiger partial charge < -0.3 is 0 Å². The Labute approximate surface area is 94.8 Å². The van der Waals surface area contributed by atoms with E-state index in [4.69, 9.17) is 0 Å². The topological polar surface area (TPSA) is 0 Å². The van der Waals surface area contributed by atoms with E-state index in [-0.39, 0.29) is 0 Å². The summed E-state index contributed by atoms with van der Waals surface area (Å²) >= 11 is 0. The third kappa shape index (κ3) is 1.47. The van der Waals surface area contributed by atoms with Gasteiger partial charge in [0.05, 0.1) is 0 Å². The van der Waals surface area contributed by atoms with Gasteiger partial charge in [-0.25, -0.2) is 0 Å². The van der Waals surface area contributed by atoms with Crippen molar-refractivity contribution in [2.24, 2.45) is 28.6 Å². The first-order valence-electron chi connectivity index (χ1n) is 7.00. The van der Waals surface area contributed by atoms with Crippen LogP contribution in [0.25, 0.3) is 0 Å². The Balaban J connectivity index is 1.93. The summed E-state index contributed by atoms with van der Waals surface area (Å²) in [6, 6.07) is 0. The Kier molecular flexibility index (Phi) is 2.05. The van der Waals surface area contributed by atoms with Crippen LogP contribution in [0.2, 0.25) is 0 Å². The molecule has 0 aromatic carbocycles. The van der Waals surface area contributed by atoms with Crippen molar-refractivity contribution in [3.05, 3.63) is 0 Å². The molecule has 4 atom stereocenters. The minimum absolute atomic E-state index is 0.661. The van der Waals surface area contributed by atoms with Crippen molar-refractivity contribution in [2.75, 3.05) is 0 Å². The summed E-state index contributed by atoms with van der Waals surface area (Å²) in [6.07, 6.45) is 10.7. The normalized spacial score (nSPS) is 52.6. The molecule has 3 aliphatic carbocycles. The Bertz CT molecular complexity index is 265. The lowest BCUT2D eigenvalue weighted by Gasteiger charge is -2.43. The third-order valence-electron chi connectivity index (χ3n) is 6.06. The van der Waals surface area contributed by atoms with Crippen molar-refractivity contribution in [1.82, 2.24) is 0 Å². The van der Waals surface area contributed by atoms with Crippen LogP contribution < -0.4 is 0 Å². The van der Waals surface area contributed by atoms with Gasteiger partial charge in [0.1, 0.15) is 0 Å². The van der Waals surface area contributed by atoms with Crippen molar-refractivity contribution in [1.29, 1.82) is 0 Å². The Morgan fingerprint density at radius 1 is 0.933 bits per heavy atom. The molecule has 15 heavy (non-hydrogen) atoms. The Morgan fingerprint density at radius 3 is 2.53 bits per heavy atom. The average Bonchev–Trinajstić information content (AvgIpc) is 2.31. The van der Waals surface area contributed by atoms with Crippen LogP contribution in [0.5, 0.6) is 0 Å². The third-order valence-corrected chi connectivity index (χ3v) is 6.06. The summed E-state index contributed by atoms with van der Waals surface area (Å²) < 4.78 is 0. The maximum absolute atomic E-state index is 2.57. The summed E-state index contributed by atoms with van der Waals surface area (Å²) in [6.45, 7) is 7.64. The van der Waals surface area contributed by atoms with Gasteiger partial charge in [-0.1, -0.05) is 33.6 Å². The van der Waals surface area contributed by atoms with Crippen LogP contribution in [0.1, 0.15) is 65.7 Å². The van der Waals surface area contributed by atoms with Crippen LogP contribution in [-0.4, -0.2) is 0 Å². The fraction of sp³-hybridized carbons (Fsp3) is 1.00. The fourth-order valence-electron chi connectivity index (χ4n) is 5.31.